The molecule has 4 N–H and O–H groups in total. The second-order valence-corrected chi connectivity index (χ2v) is 5.59. The standard InChI is InChI=1S/C16H20N2O4/c1-11-9-12(4-6-14(19)18-22)3-5-13(11)10-17-16(15(20)21)7-2-8-16/h3-6,9,17,22H,2,7-8,10H2,1H3,(H,18,19)(H,20,21). The summed E-state index contributed by atoms with van der Waals surface area (Å²) in [6, 6.07) is 5.67. The normalized spacial score (nSPS) is 16.3. The third kappa shape index (κ3) is 3.52. The van der Waals surface area contributed by atoms with Crippen molar-refractivity contribution in [1.29, 1.82) is 0 Å². The van der Waals surface area contributed by atoms with Crippen LogP contribution in [0.15, 0.2) is 24.3 Å². The van der Waals surface area contributed by atoms with Crippen LogP contribution >= 0.6 is 0 Å². The maximum absolute atomic E-state index is 11.3. The smallest absolute Gasteiger partial charge is 0.323 e. The zero-order valence-corrected chi connectivity index (χ0v) is 12.4. The molecule has 0 aliphatic heterocycles. The minimum absolute atomic E-state index is 0.499. The minimum atomic E-state index is -0.786. The van der Waals surface area contributed by atoms with Crippen LogP contribution in [0.4, 0.5) is 0 Å². The molecule has 1 aromatic carbocycles. The molecule has 22 heavy (non-hydrogen) atoms. The molecule has 1 aliphatic rings. The highest BCUT2D eigenvalue weighted by Gasteiger charge is 2.43. The topological polar surface area (TPSA) is 98.7 Å². The zero-order chi connectivity index (χ0) is 16.2. The summed E-state index contributed by atoms with van der Waals surface area (Å²) in [4.78, 5) is 22.3. The molecule has 1 saturated carbocycles. The lowest BCUT2D eigenvalue weighted by atomic mass is 9.76. The van der Waals surface area contributed by atoms with Crippen LogP contribution in [0.25, 0.3) is 6.08 Å². The van der Waals surface area contributed by atoms with Crippen LogP contribution in [0.5, 0.6) is 0 Å². The van der Waals surface area contributed by atoms with Gasteiger partial charge in [-0.3, -0.25) is 20.1 Å². The quantitative estimate of drug-likeness (QED) is 0.363. The number of carboxylic acid groups (broad SMARTS) is 1. The monoisotopic (exact) mass is 304 g/mol. The van der Waals surface area contributed by atoms with Crippen LogP contribution in [0.2, 0.25) is 0 Å². The lowest BCUT2D eigenvalue weighted by Crippen LogP contribution is -2.56. The van der Waals surface area contributed by atoms with E-state index in [2.05, 4.69) is 5.32 Å². The zero-order valence-electron chi connectivity index (χ0n) is 12.4. The summed E-state index contributed by atoms with van der Waals surface area (Å²) in [6.07, 6.45) is 5.10. The summed E-state index contributed by atoms with van der Waals surface area (Å²) in [5.41, 5.74) is 3.63. The van der Waals surface area contributed by atoms with Gasteiger partial charge in [-0.1, -0.05) is 18.2 Å². The van der Waals surface area contributed by atoms with Gasteiger partial charge in [0, 0.05) is 12.6 Å². The summed E-state index contributed by atoms with van der Waals surface area (Å²) < 4.78 is 0. The Morgan fingerprint density at radius 2 is 2.09 bits per heavy atom. The predicted octanol–water partition coefficient (Wildman–Crippen LogP) is 1.61. The first-order chi connectivity index (χ1) is 10.5. The summed E-state index contributed by atoms with van der Waals surface area (Å²) in [6.45, 7) is 2.44. The van der Waals surface area contributed by atoms with Crippen LogP contribution in [-0.2, 0) is 16.1 Å². The molecule has 2 rings (SSSR count). The van der Waals surface area contributed by atoms with Gasteiger partial charge >= 0.3 is 5.97 Å². The molecular weight excluding hydrogens is 284 g/mol. The third-order valence-electron chi connectivity index (χ3n) is 4.14. The SMILES string of the molecule is Cc1cc(C=CC(=O)NO)ccc1CNC1(C(=O)O)CCC1. The summed E-state index contributed by atoms with van der Waals surface area (Å²) in [5, 5.41) is 20.9. The van der Waals surface area contributed by atoms with E-state index in [0.717, 1.165) is 23.1 Å². The highest BCUT2D eigenvalue weighted by atomic mass is 16.5. The summed E-state index contributed by atoms with van der Waals surface area (Å²) in [5.74, 6) is -1.37. The van der Waals surface area contributed by atoms with Crippen molar-refractivity contribution in [1.82, 2.24) is 10.8 Å². The number of rotatable bonds is 6. The average Bonchev–Trinajstić information content (AvgIpc) is 2.44. The van der Waals surface area contributed by atoms with Gasteiger partial charge in [-0.25, -0.2) is 5.48 Å². The largest absolute Gasteiger partial charge is 0.480 e. The highest BCUT2D eigenvalue weighted by Crippen LogP contribution is 2.32. The Morgan fingerprint density at radius 1 is 1.36 bits per heavy atom. The van der Waals surface area contributed by atoms with Crippen LogP contribution < -0.4 is 10.8 Å². The van der Waals surface area contributed by atoms with E-state index in [4.69, 9.17) is 5.21 Å². The van der Waals surface area contributed by atoms with E-state index in [-0.39, 0.29) is 0 Å². The van der Waals surface area contributed by atoms with Gasteiger partial charge in [0.1, 0.15) is 5.54 Å². The molecule has 0 radical (unpaired) electrons. The number of carboxylic acids is 1. The first kappa shape index (κ1) is 16.2. The molecule has 0 bridgehead atoms. The van der Waals surface area contributed by atoms with E-state index < -0.39 is 17.4 Å². The van der Waals surface area contributed by atoms with Gasteiger partial charge in [0.25, 0.3) is 5.91 Å². The van der Waals surface area contributed by atoms with Crippen molar-refractivity contribution in [2.75, 3.05) is 0 Å². The van der Waals surface area contributed by atoms with E-state index in [0.29, 0.717) is 19.4 Å². The molecule has 6 heteroatoms. The molecule has 0 atom stereocenters. The van der Waals surface area contributed by atoms with Crippen molar-refractivity contribution in [2.24, 2.45) is 0 Å². The number of aryl methyl sites for hydroxylation is 1. The van der Waals surface area contributed by atoms with Gasteiger partial charge in [0.15, 0.2) is 0 Å². The summed E-state index contributed by atoms with van der Waals surface area (Å²) >= 11 is 0. The molecule has 0 aromatic heterocycles. The molecule has 6 nitrogen and oxygen atoms in total. The van der Waals surface area contributed by atoms with Gasteiger partial charge < -0.3 is 5.11 Å². The number of carbonyl (C=O) groups is 2. The van der Waals surface area contributed by atoms with Gasteiger partial charge in [0.2, 0.25) is 0 Å². The Kier molecular flexibility index (Phi) is 4.95. The van der Waals surface area contributed by atoms with E-state index in [1.54, 1.807) is 6.08 Å². The number of carbonyl (C=O) groups excluding carboxylic acids is 1. The molecule has 118 valence electrons. The molecular formula is C16H20N2O4. The maximum Gasteiger partial charge on any atom is 0.323 e. The van der Waals surface area contributed by atoms with Gasteiger partial charge in [-0.15, -0.1) is 0 Å². The number of hydroxylamine groups is 1. The third-order valence-corrected chi connectivity index (χ3v) is 4.14. The van der Waals surface area contributed by atoms with Crippen LogP contribution in [0.3, 0.4) is 0 Å². The van der Waals surface area contributed by atoms with Crippen molar-refractivity contribution in [3.63, 3.8) is 0 Å². The van der Waals surface area contributed by atoms with Crippen molar-refractivity contribution < 1.29 is 19.9 Å². The Morgan fingerprint density at radius 3 is 2.59 bits per heavy atom. The average molecular weight is 304 g/mol. The fraction of sp³-hybridized carbons (Fsp3) is 0.375. The van der Waals surface area contributed by atoms with Crippen molar-refractivity contribution in [3.8, 4) is 0 Å². The Balaban J connectivity index is 2.02. The number of benzene rings is 1. The molecule has 1 amide bonds. The molecule has 1 aliphatic carbocycles. The summed E-state index contributed by atoms with van der Waals surface area (Å²) in [7, 11) is 0. The molecule has 0 heterocycles. The fourth-order valence-corrected chi connectivity index (χ4v) is 2.49. The number of nitrogens with one attached hydrogen (secondary N) is 2. The van der Waals surface area contributed by atoms with Crippen LogP contribution in [0, 0.1) is 6.92 Å². The van der Waals surface area contributed by atoms with E-state index in [1.165, 1.54) is 11.6 Å². The van der Waals surface area contributed by atoms with Gasteiger partial charge in [-0.05, 0) is 49.0 Å². The minimum Gasteiger partial charge on any atom is -0.480 e. The second-order valence-electron chi connectivity index (χ2n) is 5.59. The van der Waals surface area contributed by atoms with Crippen LogP contribution in [0.1, 0.15) is 36.0 Å². The number of aliphatic carboxylic acids is 1. The molecule has 1 aromatic rings. The lowest BCUT2D eigenvalue weighted by Gasteiger charge is -2.38. The molecule has 0 saturated heterocycles. The molecule has 0 unspecified atom stereocenters. The fourth-order valence-electron chi connectivity index (χ4n) is 2.49. The Bertz CT molecular complexity index is 606. The second kappa shape index (κ2) is 6.72. The number of hydrogen-bond donors (Lipinski definition) is 4. The Hall–Kier alpha value is -2.18. The van der Waals surface area contributed by atoms with E-state index >= 15 is 0 Å². The van der Waals surface area contributed by atoms with Gasteiger partial charge in [-0.2, -0.15) is 0 Å². The number of hydrogen-bond acceptors (Lipinski definition) is 4. The first-order valence-electron chi connectivity index (χ1n) is 7.17. The highest BCUT2D eigenvalue weighted by molar-refractivity contribution is 5.90. The van der Waals surface area contributed by atoms with E-state index in [9.17, 15) is 14.7 Å². The molecule has 0 spiro atoms. The number of amides is 1. The predicted molar refractivity (Wildman–Crippen MR) is 81.2 cm³/mol. The maximum atomic E-state index is 11.3. The van der Waals surface area contributed by atoms with Gasteiger partial charge in [0.05, 0.1) is 0 Å². The van der Waals surface area contributed by atoms with E-state index in [1.807, 2.05) is 25.1 Å². The van der Waals surface area contributed by atoms with Crippen molar-refractivity contribution in [3.05, 3.63) is 41.0 Å². The Labute approximate surface area is 128 Å². The molecule has 1 fully saturated rings. The van der Waals surface area contributed by atoms with Crippen molar-refractivity contribution in [2.45, 2.75) is 38.3 Å². The first-order valence-corrected chi connectivity index (χ1v) is 7.17. The van der Waals surface area contributed by atoms with Crippen LogP contribution in [-0.4, -0.2) is 27.7 Å². The van der Waals surface area contributed by atoms with Crippen molar-refractivity contribution >= 4 is 18.0 Å². The lowest BCUT2D eigenvalue weighted by molar-refractivity contribution is -0.148.